The molecule has 0 bridgehead atoms. The number of phosphoric ester groups is 2. The summed E-state index contributed by atoms with van der Waals surface area (Å²) in [6.45, 7) is 14.4. The second-order valence-corrected chi connectivity index (χ2v) is 35.4. The molecule has 0 rings (SSSR count). The molecule has 17 nitrogen and oxygen atoms in total. The molecule has 8 atom stereocenters. The number of ether oxygens (including phenoxy) is 4. The Morgan fingerprint density at radius 2 is 0.453 bits per heavy atom. The predicted molar refractivity (Wildman–Crippen MR) is 437 cm³/mol. The van der Waals surface area contributed by atoms with Crippen LogP contribution in [0.5, 0.6) is 0 Å². The van der Waals surface area contributed by atoms with Crippen LogP contribution in [0.1, 0.15) is 453 Å². The van der Waals surface area contributed by atoms with Crippen molar-refractivity contribution in [3.8, 4) is 0 Å². The summed E-state index contributed by atoms with van der Waals surface area (Å²) >= 11 is 0. The van der Waals surface area contributed by atoms with Crippen molar-refractivity contribution in [1.29, 1.82) is 0 Å². The molecule has 6 unspecified atom stereocenters. The van der Waals surface area contributed by atoms with Crippen molar-refractivity contribution in [2.24, 2.45) is 23.7 Å². The lowest BCUT2D eigenvalue weighted by Gasteiger charge is -2.21. The average Bonchev–Trinajstić information content (AvgIpc) is 0.900. The van der Waals surface area contributed by atoms with Gasteiger partial charge < -0.3 is 33.8 Å². The molecule has 0 aliphatic carbocycles. The van der Waals surface area contributed by atoms with Gasteiger partial charge in [-0.05, 0) is 49.4 Å². The van der Waals surface area contributed by atoms with E-state index in [0.717, 1.165) is 114 Å². The van der Waals surface area contributed by atoms with Gasteiger partial charge in [-0.15, -0.1) is 0 Å². The fourth-order valence-electron chi connectivity index (χ4n) is 13.4. The van der Waals surface area contributed by atoms with Gasteiger partial charge in [0.2, 0.25) is 0 Å². The third-order valence-corrected chi connectivity index (χ3v) is 23.3. The molecule has 106 heavy (non-hydrogen) atoms. The zero-order valence-corrected chi connectivity index (χ0v) is 71.9. The molecule has 0 radical (unpaired) electrons. The zero-order chi connectivity index (χ0) is 78.1. The first kappa shape index (κ1) is 104. The van der Waals surface area contributed by atoms with Crippen molar-refractivity contribution in [3.63, 3.8) is 0 Å². The lowest BCUT2D eigenvalue weighted by atomic mass is 9.99. The SMILES string of the molecule is CCC(C)CCCCCCCCCCCCCCCCCCCCC(=O)O[C@H](COC(=O)CCCCCCCCCCC(C)CC)COP(=O)(O)OCC(O)COP(=O)(O)OC[C@@H](COC(=O)CCCCCCCCCC(C)C)OC(=O)CCCCCCCCCCCCCCCCCCCCC(C)CC. The highest BCUT2D eigenvalue weighted by molar-refractivity contribution is 7.47. The quantitative estimate of drug-likeness (QED) is 0.0222. The predicted octanol–water partition coefficient (Wildman–Crippen LogP) is 26.3. The van der Waals surface area contributed by atoms with Crippen LogP contribution in [0.25, 0.3) is 0 Å². The van der Waals surface area contributed by atoms with Gasteiger partial charge in [0.05, 0.1) is 26.4 Å². The maximum absolute atomic E-state index is 13.1. The van der Waals surface area contributed by atoms with E-state index in [1.165, 1.54) is 250 Å². The smallest absolute Gasteiger partial charge is 0.462 e. The Labute approximate surface area is 651 Å². The second kappa shape index (κ2) is 75.7. The maximum Gasteiger partial charge on any atom is 0.472 e. The van der Waals surface area contributed by atoms with Gasteiger partial charge in [0.1, 0.15) is 19.3 Å². The summed E-state index contributed by atoms with van der Waals surface area (Å²) in [4.78, 5) is 73.2. The van der Waals surface area contributed by atoms with Crippen molar-refractivity contribution in [2.45, 2.75) is 472 Å². The van der Waals surface area contributed by atoms with Gasteiger partial charge in [0.25, 0.3) is 0 Å². The largest absolute Gasteiger partial charge is 0.472 e. The molecule has 0 saturated heterocycles. The molecule has 19 heteroatoms. The van der Waals surface area contributed by atoms with E-state index in [1.54, 1.807) is 0 Å². The van der Waals surface area contributed by atoms with E-state index in [9.17, 15) is 43.2 Å². The third-order valence-electron chi connectivity index (χ3n) is 21.4. The Hall–Kier alpha value is -1.94. The average molecular weight is 1550 g/mol. The number of hydrogen-bond acceptors (Lipinski definition) is 15. The normalized spacial score (nSPS) is 14.7. The Kier molecular flexibility index (Phi) is 74.3. The van der Waals surface area contributed by atoms with Crippen LogP contribution in [-0.4, -0.2) is 96.7 Å². The molecular formula is C87H170O17P2. The first-order chi connectivity index (χ1) is 51.2. The summed E-state index contributed by atoms with van der Waals surface area (Å²) in [7, 11) is -9.93. The number of hydrogen-bond donors (Lipinski definition) is 3. The highest BCUT2D eigenvalue weighted by atomic mass is 31.2. The van der Waals surface area contributed by atoms with Crippen LogP contribution in [0.15, 0.2) is 0 Å². The standard InChI is InChI=1S/C87H170O17P2/c1-9-78(6)64-56-48-40-32-28-24-20-16-12-14-18-22-26-30-34-44-53-61-69-86(91)103-82(73-97-84(89)67-59-51-43-37-36-42-50-58-66-80(8)11-3)75-101-105(93,94)99-71-81(88)72-100-106(95,96)102-76-83(74-98-85(90)68-60-52-46-38-39-47-55-63-77(4)5)104-87(92)70-62-54-45-35-31-27-23-19-15-13-17-21-25-29-33-41-49-57-65-79(7)10-2/h77-83,88H,9-76H2,1-8H3,(H,93,94)(H,95,96)/t78?,79?,80?,81?,82-,83-/m1/s1. The summed E-state index contributed by atoms with van der Waals surface area (Å²) in [5.41, 5.74) is 0. The van der Waals surface area contributed by atoms with E-state index in [2.05, 4.69) is 55.4 Å². The summed E-state index contributed by atoms with van der Waals surface area (Å²) in [6.07, 6.45) is 65.4. The number of rotatable bonds is 84. The van der Waals surface area contributed by atoms with Crippen molar-refractivity contribution in [3.05, 3.63) is 0 Å². The highest BCUT2D eigenvalue weighted by Crippen LogP contribution is 2.45. The van der Waals surface area contributed by atoms with E-state index in [-0.39, 0.29) is 25.7 Å². The van der Waals surface area contributed by atoms with Gasteiger partial charge in [0.15, 0.2) is 12.2 Å². The van der Waals surface area contributed by atoms with E-state index in [1.807, 2.05) is 0 Å². The number of carbonyl (C=O) groups is 4. The minimum absolute atomic E-state index is 0.107. The van der Waals surface area contributed by atoms with Gasteiger partial charge in [-0.1, -0.05) is 402 Å². The van der Waals surface area contributed by atoms with Crippen LogP contribution >= 0.6 is 15.6 Å². The van der Waals surface area contributed by atoms with Gasteiger partial charge in [0, 0.05) is 25.7 Å². The molecule has 0 saturated carbocycles. The summed E-state index contributed by atoms with van der Waals surface area (Å²) in [5.74, 6) is 1.11. The Morgan fingerprint density at radius 3 is 0.670 bits per heavy atom. The number of aliphatic hydroxyl groups is 1. The molecule has 630 valence electrons. The van der Waals surface area contributed by atoms with Gasteiger partial charge >= 0.3 is 39.5 Å². The first-order valence-electron chi connectivity index (χ1n) is 44.8. The number of aliphatic hydroxyl groups excluding tert-OH is 1. The number of phosphoric acid groups is 2. The molecular weight excluding hydrogens is 1380 g/mol. The Bertz CT molecular complexity index is 2060. The van der Waals surface area contributed by atoms with E-state index >= 15 is 0 Å². The molecule has 0 aliphatic heterocycles. The van der Waals surface area contributed by atoms with E-state index < -0.39 is 97.5 Å². The maximum atomic E-state index is 13.1. The van der Waals surface area contributed by atoms with Crippen LogP contribution < -0.4 is 0 Å². The van der Waals surface area contributed by atoms with E-state index in [4.69, 9.17) is 37.0 Å². The summed E-state index contributed by atoms with van der Waals surface area (Å²) < 4.78 is 68.9. The fourth-order valence-corrected chi connectivity index (χ4v) is 15.0. The first-order valence-corrected chi connectivity index (χ1v) is 47.8. The van der Waals surface area contributed by atoms with Gasteiger partial charge in [-0.25, -0.2) is 9.13 Å². The van der Waals surface area contributed by atoms with Crippen LogP contribution in [0.4, 0.5) is 0 Å². The van der Waals surface area contributed by atoms with E-state index in [0.29, 0.717) is 31.6 Å². The molecule has 0 amide bonds. The molecule has 0 aromatic heterocycles. The topological polar surface area (TPSA) is 237 Å². The Balaban J connectivity index is 5.16. The lowest BCUT2D eigenvalue weighted by molar-refractivity contribution is -0.161. The van der Waals surface area contributed by atoms with Gasteiger partial charge in [-0.2, -0.15) is 0 Å². The molecule has 0 aliphatic rings. The van der Waals surface area contributed by atoms with Crippen molar-refractivity contribution >= 4 is 39.5 Å². The van der Waals surface area contributed by atoms with Crippen LogP contribution in [-0.2, 0) is 65.4 Å². The van der Waals surface area contributed by atoms with Crippen molar-refractivity contribution in [1.82, 2.24) is 0 Å². The summed E-state index contributed by atoms with van der Waals surface area (Å²) in [5, 5.41) is 10.7. The monoisotopic (exact) mass is 1550 g/mol. The minimum Gasteiger partial charge on any atom is -0.462 e. The number of esters is 4. The van der Waals surface area contributed by atoms with Crippen LogP contribution in [0.3, 0.4) is 0 Å². The van der Waals surface area contributed by atoms with Crippen LogP contribution in [0.2, 0.25) is 0 Å². The highest BCUT2D eigenvalue weighted by Gasteiger charge is 2.31. The number of carbonyl (C=O) groups excluding carboxylic acids is 4. The second-order valence-electron chi connectivity index (χ2n) is 32.5. The van der Waals surface area contributed by atoms with Crippen molar-refractivity contribution in [2.75, 3.05) is 39.6 Å². The minimum atomic E-state index is -4.97. The molecule has 0 aromatic rings. The molecule has 3 N–H and O–H groups in total. The fraction of sp³-hybridized carbons (Fsp3) is 0.954. The number of unbranched alkanes of at least 4 members (excludes halogenated alkanes) is 47. The van der Waals surface area contributed by atoms with Crippen molar-refractivity contribution < 1.29 is 80.2 Å². The molecule has 0 fully saturated rings. The van der Waals surface area contributed by atoms with Crippen LogP contribution in [0, 0.1) is 23.7 Å². The summed E-state index contributed by atoms with van der Waals surface area (Å²) in [6, 6.07) is 0. The van der Waals surface area contributed by atoms with Gasteiger partial charge in [-0.3, -0.25) is 37.3 Å². The third kappa shape index (κ3) is 76.1. The lowest BCUT2D eigenvalue weighted by Crippen LogP contribution is -2.30. The Morgan fingerprint density at radius 1 is 0.264 bits per heavy atom. The zero-order valence-electron chi connectivity index (χ0n) is 70.1. The molecule has 0 heterocycles. The molecule has 0 aromatic carbocycles. The molecule has 0 spiro atoms.